The van der Waals surface area contributed by atoms with Crippen LogP contribution in [0.1, 0.15) is 5.56 Å². The normalized spacial score (nSPS) is 11.2. The molecule has 0 unspecified atom stereocenters. The van der Waals surface area contributed by atoms with Crippen molar-refractivity contribution < 1.29 is 8.78 Å². The van der Waals surface area contributed by atoms with Gasteiger partial charge in [0, 0.05) is 18.0 Å². The zero-order valence-corrected chi connectivity index (χ0v) is 11.6. The summed E-state index contributed by atoms with van der Waals surface area (Å²) < 4.78 is 30.4. The molecule has 7 heteroatoms. The Morgan fingerprint density at radius 3 is 2.80 bits per heavy atom. The minimum absolute atomic E-state index is 0.160. The first-order chi connectivity index (χ1) is 9.58. The lowest BCUT2D eigenvalue weighted by atomic mass is 10.2. The third kappa shape index (κ3) is 2.03. The van der Waals surface area contributed by atoms with Crippen molar-refractivity contribution in [2.24, 2.45) is 0 Å². The summed E-state index contributed by atoms with van der Waals surface area (Å²) in [6.07, 6.45) is 4.49. The van der Waals surface area contributed by atoms with Crippen LogP contribution in [0, 0.1) is 11.6 Å². The van der Waals surface area contributed by atoms with Gasteiger partial charge >= 0.3 is 0 Å². The molecule has 0 N–H and O–H groups in total. The van der Waals surface area contributed by atoms with Gasteiger partial charge < -0.3 is 4.57 Å². The van der Waals surface area contributed by atoms with Crippen LogP contribution in [-0.4, -0.2) is 14.2 Å². The van der Waals surface area contributed by atoms with E-state index in [1.807, 2.05) is 0 Å². The van der Waals surface area contributed by atoms with Crippen molar-refractivity contribution in [1.29, 1.82) is 0 Å². The Labute approximate surface area is 120 Å². The van der Waals surface area contributed by atoms with Crippen LogP contribution in [0.25, 0.3) is 5.52 Å². The smallest absolute Gasteiger partial charge is 0.276 e. The highest BCUT2D eigenvalue weighted by Gasteiger charge is 2.14. The molecule has 0 aliphatic carbocycles. The highest BCUT2D eigenvalue weighted by molar-refractivity contribution is 9.10. The molecular weight excluding hydrogens is 332 g/mol. The predicted molar refractivity (Wildman–Crippen MR) is 72.6 cm³/mol. The Hall–Kier alpha value is -2.02. The van der Waals surface area contributed by atoms with Gasteiger partial charge in [-0.15, -0.1) is 0 Å². The fourth-order valence-electron chi connectivity index (χ4n) is 1.97. The highest BCUT2D eigenvalue weighted by Crippen LogP contribution is 2.22. The van der Waals surface area contributed by atoms with Crippen molar-refractivity contribution in [2.75, 3.05) is 0 Å². The van der Waals surface area contributed by atoms with E-state index in [9.17, 15) is 13.6 Å². The summed E-state index contributed by atoms with van der Waals surface area (Å²) in [5.74, 6) is -1.39. The molecular formula is C13H8BrF2N3O. The van der Waals surface area contributed by atoms with Crippen LogP contribution in [0.15, 0.2) is 46.1 Å². The average molecular weight is 340 g/mol. The molecule has 2 aromatic heterocycles. The molecule has 2 heterocycles. The molecule has 3 aromatic rings. The van der Waals surface area contributed by atoms with Crippen molar-refractivity contribution in [3.63, 3.8) is 0 Å². The van der Waals surface area contributed by atoms with Crippen molar-refractivity contribution in [3.8, 4) is 0 Å². The number of halogens is 3. The van der Waals surface area contributed by atoms with Gasteiger partial charge in [-0.25, -0.2) is 13.3 Å². The lowest BCUT2D eigenvalue weighted by Gasteiger charge is -2.09. The van der Waals surface area contributed by atoms with Crippen LogP contribution < -0.4 is 5.56 Å². The predicted octanol–water partition coefficient (Wildman–Crippen LogP) is 2.59. The quantitative estimate of drug-likeness (QED) is 0.673. The van der Waals surface area contributed by atoms with Crippen molar-refractivity contribution in [1.82, 2.24) is 14.2 Å². The zero-order chi connectivity index (χ0) is 14.3. The minimum atomic E-state index is -0.703. The van der Waals surface area contributed by atoms with E-state index < -0.39 is 11.6 Å². The molecule has 0 amide bonds. The van der Waals surface area contributed by atoms with Gasteiger partial charge in [0.15, 0.2) is 0 Å². The maximum absolute atomic E-state index is 13.9. The van der Waals surface area contributed by atoms with Crippen LogP contribution >= 0.6 is 15.9 Å². The van der Waals surface area contributed by atoms with Crippen molar-refractivity contribution in [3.05, 3.63) is 68.8 Å². The monoisotopic (exact) mass is 339 g/mol. The number of aromatic nitrogens is 3. The second-order valence-electron chi connectivity index (χ2n) is 4.21. The molecule has 0 saturated heterocycles. The van der Waals surface area contributed by atoms with Crippen LogP contribution in [0.2, 0.25) is 0 Å². The van der Waals surface area contributed by atoms with Gasteiger partial charge in [-0.05, 0) is 34.1 Å². The molecule has 0 aliphatic heterocycles. The van der Waals surface area contributed by atoms with E-state index >= 15 is 0 Å². The third-order valence-electron chi connectivity index (χ3n) is 3.01. The molecule has 102 valence electrons. The Morgan fingerprint density at radius 1 is 1.20 bits per heavy atom. The topological polar surface area (TPSA) is 39.3 Å². The first kappa shape index (κ1) is 13.0. The summed E-state index contributed by atoms with van der Waals surface area (Å²) in [5.41, 5.74) is -0.169. The lowest BCUT2D eigenvalue weighted by molar-refractivity contribution is 0.537. The summed E-state index contributed by atoms with van der Waals surface area (Å²) in [4.78, 5) is 12.1. The van der Waals surface area contributed by atoms with E-state index in [-0.39, 0.29) is 22.1 Å². The highest BCUT2D eigenvalue weighted by atomic mass is 79.9. The largest absolute Gasteiger partial charge is 0.307 e. The fourth-order valence-corrected chi connectivity index (χ4v) is 2.34. The Kier molecular flexibility index (Phi) is 3.13. The maximum atomic E-state index is 13.9. The van der Waals surface area contributed by atoms with Gasteiger partial charge in [0.25, 0.3) is 5.56 Å². The lowest BCUT2D eigenvalue weighted by Crippen LogP contribution is -2.22. The molecule has 4 nitrogen and oxygen atoms in total. The van der Waals surface area contributed by atoms with E-state index in [1.165, 1.54) is 27.5 Å². The summed E-state index contributed by atoms with van der Waals surface area (Å²) in [6.45, 7) is -0.183. The van der Waals surface area contributed by atoms with Crippen LogP contribution in [0.4, 0.5) is 8.78 Å². The summed E-state index contributed by atoms with van der Waals surface area (Å²) in [7, 11) is 0. The molecule has 3 rings (SSSR count). The van der Waals surface area contributed by atoms with E-state index in [2.05, 4.69) is 21.0 Å². The fraction of sp³-hybridized carbons (Fsp3) is 0.0769. The minimum Gasteiger partial charge on any atom is -0.307 e. The number of nitrogens with zero attached hydrogens (tertiary/aromatic N) is 3. The van der Waals surface area contributed by atoms with Gasteiger partial charge in [-0.1, -0.05) is 0 Å². The molecule has 1 aromatic carbocycles. The molecule has 0 aliphatic rings. The van der Waals surface area contributed by atoms with E-state index in [1.54, 1.807) is 12.3 Å². The van der Waals surface area contributed by atoms with Gasteiger partial charge in [0.1, 0.15) is 17.2 Å². The second-order valence-corrected chi connectivity index (χ2v) is 5.07. The van der Waals surface area contributed by atoms with E-state index in [0.717, 1.165) is 6.07 Å². The van der Waals surface area contributed by atoms with Gasteiger partial charge in [0.2, 0.25) is 0 Å². The number of benzene rings is 1. The van der Waals surface area contributed by atoms with Gasteiger partial charge in [-0.3, -0.25) is 4.79 Å². The van der Waals surface area contributed by atoms with Crippen LogP contribution in [0.3, 0.4) is 0 Å². The van der Waals surface area contributed by atoms with Gasteiger partial charge in [-0.2, -0.15) is 5.10 Å². The first-order valence-electron chi connectivity index (χ1n) is 5.73. The summed E-state index contributed by atoms with van der Waals surface area (Å²) in [6, 6.07) is 3.99. The SMILES string of the molecule is O=c1c2ccnn2ccn1Cc1c(F)ccc(Br)c1F. The third-order valence-corrected chi connectivity index (χ3v) is 3.62. The van der Waals surface area contributed by atoms with Gasteiger partial charge in [0.05, 0.1) is 17.2 Å². The molecule has 0 radical (unpaired) electrons. The Balaban J connectivity index is 2.12. The van der Waals surface area contributed by atoms with Crippen molar-refractivity contribution >= 4 is 21.4 Å². The van der Waals surface area contributed by atoms with Crippen LogP contribution in [0.5, 0.6) is 0 Å². The standard InChI is InChI=1S/C13H8BrF2N3O/c14-9-1-2-10(15)8(12(9)16)7-18-5-6-19-11(13(18)20)3-4-17-19/h1-6H,7H2. The van der Waals surface area contributed by atoms with Crippen molar-refractivity contribution in [2.45, 2.75) is 6.54 Å². The first-order valence-corrected chi connectivity index (χ1v) is 6.52. The maximum Gasteiger partial charge on any atom is 0.276 e. The molecule has 0 fully saturated rings. The molecule has 0 saturated carbocycles. The Morgan fingerprint density at radius 2 is 2.00 bits per heavy atom. The Bertz CT molecular complexity index is 856. The number of hydrogen-bond acceptors (Lipinski definition) is 2. The number of hydrogen-bond donors (Lipinski definition) is 0. The molecule has 0 spiro atoms. The zero-order valence-electron chi connectivity index (χ0n) is 10.1. The van der Waals surface area contributed by atoms with E-state index in [4.69, 9.17) is 0 Å². The second kappa shape index (κ2) is 4.82. The molecule has 0 atom stereocenters. The van der Waals surface area contributed by atoms with Crippen LogP contribution in [-0.2, 0) is 6.54 Å². The average Bonchev–Trinajstić information content (AvgIpc) is 2.91. The number of rotatable bonds is 2. The van der Waals surface area contributed by atoms with E-state index in [0.29, 0.717) is 5.52 Å². The molecule has 20 heavy (non-hydrogen) atoms. The molecule has 0 bridgehead atoms. The summed E-state index contributed by atoms with van der Waals surface area (Å²) in [5, 5.41) is 3.92. The number of fused-ring (bicyclic) bond motifs is 1. The summed E-state index contributed by atoms with van der Waals surface area (Å²) >= 11 is 3.00.